The molecule has 1 aliphatic rings. The highest BCUT2D eigenvalue weighted by molar-refractivity contribution is 7.99. The molecular formula is C13H24N4S. The molecule has 2 rings (SSSR count). The number of aryl methyl sites for hydroxylation is 1. The standard InChI is InChI=1S/C13H24N4S/c1-3-14-11-8-6-4-5-7-9-12(11)18-13-15-10(2)16-17-13/h11-12,14H,3-9H2,1-2H3,(H,15,16,17). The number of rotatable bonds is 4. The summed E-state index contributed by atoms with van der Waals surface area (Å²) < 4.78 is 0. The van der Waals surface area contributed by atoms with Crippen molar-refractivity contribution in [3.63, 3.8) is 0 Å². The van der Waals surface area contributed by atoms with E-state index in [0.717, 1.165) is 17.5 Å². The minimum atomic E-state index is 0.610. The van der Waals surface area contributed by atoms with Gasteiger partial charge in [-0.3, -0.25) is 5.10 Å². The molecule has 1 heterocycles. The van der Waals surface area contributed by atoms with E-state index in [1.165, 1.54) is 38.5 Å². The third kappa shape index (κ3) is 3.99. The number of hydrogen-bond acceptors (Lipinski definition) is 4. The molecule has 0 spiro atoms. The van der Waals surface area contributed by atoms with Gasteiger partial charge in [0.25, 0.3) is 0 Å². The van der Waals surface area contributed by atoms with E-state index in [4.69, 9.17) is 0 Å². The highest BCUT2D eigenvalue weighted by atomic mass is 32.2. The Balaban J connectivity index is 1.99. The Morgan fingerprint density at radius 3 is 2.72 bits per heavy atom. The van der Waals surface area contributed by atoms with Crippen molar-refractivity contribution >= 4 is 11.8 Å². The molecule has 18 heavy (non-hydrogen) atoms. The third-order valence-electron chi connectivity index (χ3n) is 3.50. The first-order chi connectivity index (χ1) is 8.79. The van der Waals surface area contributed by atoms with Gasteiger partial charge in [-0.2, -0.15) is 0 Å². The van der Waals surface area contributed by atoms with Gasteiger partial charge in [-0.05, 0) is 26.3 Å². The summed E-state index contributed by atoms with van der Waals surface area (Å²) in [6, 6.07) is 0.610. The van der Waals surface area contributed by atoms with Crippen molar-refractivity contribution in [1.29, 1.82) is 0 Å². The molecule has 1 saturated carbocycles. The van der Waals surface area contributed by atoms with Crippen LogP contribution in [-0.2, 0) is 0 Å². The summed E-state index contributed by atoms with van der Waals surface area (Å²) >= 11 is 1.84. The SMILES string of the molecule is CCNC1CCCCCCC1Sc1n[nH]c(C)n1. The van der Waals surface area contributed by atoms with Crippen LogP contribution < -0.4 is 5.32 Å². The molecule has 2 N–H and O–H groups in total. The Morgan fingerprint density at radius 1 is 1.28 bits per heavy atom. The molecule has 1 aromatic rings. The molecule has 2 atom stereocenters. The summed E-state index contributed by atoms with van der Waals surface area (Å²) in [5.74, 6) is 0.906. The fourth-order valence-corrected chi connectivity index (χ4v) is 3.84. The van der Waals surface area contributed by atoms with E-state index in [-0.39, 0.29) is 0 Å². The fourth-order valence-electron chi connectivity index (χ4n) is 2.60. The molecule has 4 nitrogen and oxygen atoms in total. The maximum atomic E-state index is 4.42. The molecule has 1 aromatic heterocycles. The van der Waals surface area contributed by atoms with Gasteiger partial charge in [0.15, 0.2) is 0 Å². The van der Waals surface area contributed by atoms with Crippen molar-refractivity contribution in [3.05, 3.63) is 5.82 Å². The highest BCUT2D eigenvalue weighted by Gasteiger charge is 2.24. The summed E-state index contributed by atoms with van der Waals surface area (Å²) in [7, 11) is 0. The highest BCUT2D eigenvalue weighted by Crippen LogP contribution is 2.30. The second-order valence-electron chi connectivity index (χ2n) is 5.02. The molecule has 1 aliphatic carbocycles. The zero-order chi connectivity index (χ0) is 12.8. The molecular weight excluding hydrogens is 244 g/mol. The first-order valence-electron chi connectivity index (χ1n) is 7.08. The molecule has 0 aromatic carbocycles. The molecule has 0 bridgehead atoms. The predicted octanol–water partition coefficient (Wildman–Crippen LogP) is 2.91. The van der Waals surface area contributed by atoms with Crippen molar-refractivity contribution in [2.45, 2.75) is 68.8 Å². The van der Waals surface area contributed by atoms with Gasteiger partial charge >= 0.3 is 0 Å². The molecule has 102 valence electrons. The van der Waals surface area contributed by atoms with Gasteiger partial charge in [-0.15, -0.1) is 5.10 Å². The van der Waals surface area contributed by atoms with Gasteiger partial charge in [-0.1, -0.05) is 44.4 Å². The number of aromatic nitrogens is 3. The first kappa shape index (κ1) is 13.9. The monoisotopic (exact) mass is 268 g/mol. The third-order valence-corrected chi connectivity index (χ3v) is 4.76. The normalized spacial score (nSPS) is 25.7. The summed E-state index contributed by atoms with van der Waals surface area (Å²) in [6.45, 7) is 5.20. The second-order valence-corrected chi connectivity index (χ2v) is 6.22. The lowest BCUT2D eigenvalue weighted by Gasteiger charge is -2.28. The number of aromatic amines is 1. The smallest absolute Gasteiger partial charge is 0.208 e. The number of nitrogens with zero attached hydrogens (tertiary/aromatic N) is 2. The van der Waals surface area contributed by atoms with Crippen LogP contribution in [0.3, 0.4) is 0 Å². The van der Waals surface area contributed by atoms with Crippen LogP contribution >= 0.6 is 11.8 Å². The topological polar surface area (TPSA) is 53.6 Å². The average Bonchev–Trinajstić information content (AvgIpc) is 2.73. The molecule has 0 aliphatic heterocycles. The van der Waals surface area contributed by atoms with E-state index in [9.17, 15) is 0 Å². The molecule has 5 heteroatoms. The van der Waals surface area contributed by atoms with Crippen LogP contribution in [0.25, 0.3) is 0 Å². The average molecular weight is 268 g/mol. The fraction of sp³-hybridized carbons (Fsp3) is 0.846. The van der Waals surface area contributed by atoms with E-state index in [2.05, 4.69) is 27.4 Å². The Kier molecular flexibility index (Phi) is 5.50. The number of nitrogens with one attached hydrogen (secondary N) is 2. The second kappa shape index (κ2) is 7.14. The maximum Gasteiger partial charge on any atom is 0.208 e. The van der Waals surface area contributed by atoms with Crippen molar-refractivity contribution in [2.75, 3.05) is 6.54 Å². The number of H-pyrrole nitrogens is 1. The summed E-state index contributed by atoms with van der Waals surface area (Å²) in [5.41, 5.74) is 0. The molecule has 2 unspecified atom stereocenters. The summed E-state index contributed by atoms with van der Waals surface area (Å²) in [4.78, 5) is 4.42. The first-order valence-corrected chi connectivity index (χ1v) is 7.96. The van der Waals surface area contributed by atoms with Crippen LogP contribution in [0.1, 0.15) is 51.3 Å². The van der Waals surface area contributed by atoms with E-state index in [1.807, 2.05) is 18.7 Å². The van der Waals surface area contributed by atoms with Crippen molar-refractivity contribution in [1.82, 2.24) is 20.5 Å². The summed E-state index contributed by atoms with van der Waals surface area (Å²) in [6.07, 6.45) is 8.01. The van der Waals surface area contributed by atoms with Gasteiger partial charge in [0.05, 0.1) is 0 Å². The minimum Gasteiger partial charge on any atom is -0.313 e. The van der Waals surface area contributed by atoms with E-state index >= 15 is 0 Å². The van der Waals surface area contributed by atoms with Gasteiger partial charge < -0.3 is 5.32 Å². The van der Waals surface area contributed by atoms with E-state index in [1.54, 1.807) is 0 Å². The molecule has 1 fully saturated rings. The summed E-state index contributed by atoms with van der Waals surface area (Å²) in [5, 5.41) is 12.3. The number of thioether (sulfide) groups is 1. The lowest BCUT2D eigenvalue weighted by Crippen LogP contribution is -2.38. The van der Waals surface area contributed by atoms with Crippen molar-refractivity contribution in [2.24, 2.45) is 0 Å². The van der Waals surface area contributed by atoms with Gasteiger partial charge in [0.2, 0.25) is 5.16 Å². The quantitative estimate of drug-likeness (QED) is 0.881. The lowest BCUT2D eigenvalue weighted by atomic mass is 9.96. The van der Waals surface area contributed by atoms with Crippen LogP contribution in [0.2, 0.25) is 0 Å². The van der Waals surface area contributed by atoms with Crippen molar-refractivity contribution in [3.8, 4) is 0 Å². The van der Waals surface area contributed by atoms with Gasteiger partial charge in [-0.25, -0.2) is 4.98 Å². The molecule has 0 radical (unpaired) electrons. The van der Waals surface area contributed by atoms with E-state index < -0.39 is 0 Å². The number of hydrogen-bond donors (Lipinski definition) is 2. The Hall–Kier alpha value is -0.550. The van der Waals surface area contributed by atoms with Crippen LogP contribution in [-0.4, -0.2) is 33.0 Å². The molecule has 0 amide bonds. The zero-order valence-electron chi connectivity index (χ0n) is 11.4. The minimum absolute atomic E-state index is 0.610. The van der Waals surface area contributed by atoms with Crippen LogP contribution in [0.15, 0.2) is 5.16 Å². The lowest BCUT2D eigenvalue weighted by molar-refractivity contribution is 0.406. The predicted molar refractivity (Wildman–Crippen MR) is 75.9 cm³/mol. The Bertz CT molecular complexity index is 353. The van der Waals surface area contributed by atoms with E-state index in [0.29, 0.717) is 11.3 Å². The van der Waals surface area contributed by atoms with Crippen molar-refractivity contribution < 1.29 is 0 Å². The molecule has 0 saturated heterocycles. The van der Waals surface area contributed by atoms with Crippen LogP contribution in [0, 0.1) is 6.92 Å². The van der Waals surface area contributed by atoms with Crippen LogP contribution in [0.5, 0.6) is 0 Å². The van der Waals surface area contributed by atoms with Gasteiger partial charge in [0.1, 0.15) is 5.82 Å². The maximum absolute atomic E-state index is 4.42. The van der Waals surface area contributed by atoms with Crippen LogP contribution in [0.4, 0.5) is 0 Å². The van der Waals surface area contributed by atoms with Gasteiger partial charge in [0, 0.05) is 11.3 Å². The largest absolute Gasteiger partial charge is 0.313 e. The zero-order valence-corrected chi connectivity index (χ0v) is 12.2. The Morgan fingerprint density at radius 2 is 2.06 bits per heavy atom. The Labute approximate surface area is 114 Å².